The van der Waals surface area contributed by atoms with Crippen molar-refractivity contribution in [3.05, 3.63) is 10.5 Å². The molecule has 1 saturated carbocycles. The number of hydrogen-bond donors (Lipinski definition) is 0. The van der Waals surface area contributed by atoms with Gasteiger partial charge in [-0.05, 0) is 25.2 Å². The second kappa shape index (κ2) is 3.97. The van der Waals surface area contributed by atoms with Gasteiger partial charge in [0.25, 0.3) is 0 Å². The third kappa shape index (κ3) is 1.58. The van der Waals surface area contributed by atoms with Crippen LogP contribution in [0.15, 0.2) is 5.51 Å². The van der Waals surface area contributed by atoms with E-state index in [-0.39, 0.29) is 0 Å². The summed E-state index contributed by atoms with van der Waals surface area (Å²) in [6.07, 6.45) is 6.59. The highest BCUT2D eigenvalue weighted by molar-refractivity contribution is 7.09. The third-order valence-corrected chi connectivity index (χ3v) is 4.40. The standard InChI is InChI=1S/C11H18N2S/c1-3-5-9(4-2)11(6-7-11)10-13-12-8-14-10/h8-9H,3-7H2,1-2H3. The Hall–Kier alpha value is -0.440. The molecule has 14 heavy (non-hydrogen) atoms. The van der Waals surface area contributed by atoms with Crippen molar-refractivity contribution in [1.82, 2.24) is 10.2 Å². The molecule has 1 fully saturated rings. The van der Waals surface area contributed by atoms with E-state index in [1.807, 2.05) is 5.51 Å². The Morgan fingerprint density at radius 3 is 2.71 bits per heavy atom. The molecule has 0 radical (unpaired) electrons. The molecule has 0 aromatic carbocycles. The molecule has 3 heteroatoms. The highest BCUT2D eigenvalue weighted by Gasteiger charge is 2.51. The van der Waals surface area contributed by atoms with Crippen LogP contribution in [0.1, 0.15) is 51.0 Å². The summed E-state index contributed by atoms with van der Waals surface area (Å²) in [5.74, 6) is 0.834. The Balaban J connectivity index is 2.15. The zero-order valence-electron chi connectivity index (χ0n) is 8.99. The predicted molar refractivity (Wildman–Crippen MR) is 59.5 cm³/mol. The van der Waals surface area contributed by atoms with Crippen molar-refractivity contribution in [1.29, 1.82) is 0 Å². The first kappa shape index (κ1) is 10.1. The molecule has 1 aliphatic rings. The summed E-state index contributed by atoms with van der Waals surface area (Å²) in [6, 6.07) is 0. The van der Waals surface area contributed by atoms with Crippen LogP contribution in [0.2, 0.25) is 0 Å². The molecule has 1 aliphatic carbocycles. The lowest BCUT2D eigenvalue weighted by Gasteiger charge is -2.23. The summed E-state index contributed by atoms with van der Waals surface area (Å²) in [4.78, 5) is 0. The molecule has 0 spiro atoms. The molecule has 0 aliphatic heterocycles. The lowest BCUT2D eigenvalue weighted by molar-refractivity contribution is 0.359. The Morgan fingerprint density at radius 1 is 1.50 bits per heavy atom. The molecule has 1 atom stereocenters. The van der Waals surface area contributed by atoms with Gasteiger partial charge in [0, 0.05) is 5.41 Å². The Morgan fingerprint density at radius 2 is 2.29 bits per heavy atom. The first-order valence-corrected chi connectivity index (χ1v) is 6.48. The number of nitrogens with zero attached hydrogens (tertiary/aromatic N) is 2. The largest absolute Gasteiger partial charge is 0.147 e. The second-order valence-corrected chi connectivity index (χ2v) is 5.13. The minimum absolute atomic E-state index is 0.436. The van der Waals surface area contributed by atoms with Crippen molar-refractivity contribution >= 4 is 11.3 Å². The molecule has 1 aromatic heterocycles. The molecule has 0 amide bonds. The molecular formula is C11H18N2S. The van der Waals surface area contributed by atoms with Crippen LogP contribution in [-0.4, -0.2) is 10.2 Å². The summed E-state index contributed by atoms with van der Waals surface area (Å²) in [5.41, 5.74) is 2.31. The van der Waals surface area contributed by atoms with Gasteiger partial charge < -0.3 is 0 Å². The maximum Gasteiger partial charge on any atom is 0.123 e. The van der Waals surface area contributed by atoms with Gasteiger partial charge in [-0.2, -0.15) is 0 Å². The van der Waals surface area contributed by atoms with Crippen molar-refractivity contribution in [2.75, 3.05) is 0 Å². The van der Waals surface area contributed by atoms with E-state index in [0.29, 0.717) is 5.41 Å². The fourth-order valence-corrected chi connectivity index (χ4v) is 3.43. The monoisotopic (exact) mass is 210 g/mol. The van der Waals surface area contributed by atoms with Gasteiger partial charge in [-0.3, -0.25) is 0 Å². The van der Waals surface area contributed by atoms with Crippen molar-refractivity contribution in [2.24, 2.45) is 5.92 Å². The van der Waals surface area contributed by atoms with E-state index in [2.05, 4.69) is 24.0 Å². The van der Waals surface area contributed by atoms with Gasteiger partial charge in [0.05, 0.1) is 0 Å². The Kier molecular flexibility index (Phi) is 2.86. The van der Waals surface area contributed by atoms with Gasteiger partial charge in [-0.25, -0.2) is 0 Å². The second-order valence-electron chi connectivity index (χ2n) is 4.29. The number of aromatic nitrogens is 2. The van der Waals surface area contributed by atoms with E-state index in [1.165, 1.54) is 37.1 Å². The maximum atomic E-state index is 4.27. The summed E-state index contributed by atoms with van der Waals surface area (Å²) < 4.78 is 0. The topological polar surface area (TPSA) is 25.8 Å². The van der Waals surface area contributed by atoms with Crippen LogP contribution in [-0.2, 0) is 5.41 Å². The number of rotatable bonds is 5. The van der Waals surface area contributed by atoms with Crippen LogP contribution in [0.3, 0.4) is 0 Å². The summed E-state index contributed by atoms with van der Waals surface area (Å²) >= 11 is 1.74. The fourth-order valence-electron chi connectivity index (χ4n) is 2.54. The van der Waals surface area contributed by atoms with Crippen LogP contribution in [0.5, 0.6) is 0 Å². The van der Waals surface area contributed by atoms with E-state index >= 15 is 0 Å². The van der Waals surface area contributed by atoms with E-state index < -0.39 is 0 Å². The molecule has 1 heterocycles. The quantitative estimate of drug-likeness (QED) is 0.744. The normalized spacial score (nSPS) is 20.7. The summed E-state index contributed by atoms with van der Waals surface area (Å²) in [7, 11) is 0. The van der Waals surface area contributed by atoms with Gasteiger partial charge in [0.1, 0.15) is 10.5 Å². The van der Waals surface area contributed by atoms with Crippen molar-refractivity contribution in [3.63, 3.8) is 0 Å². The molecule has 2 rings (SSSR count). The predicted octanol–water partition coefficient (Wildman–Crippen LogP) is 3.40. The van der Waals surface area contributed by atoms with E-state index in [9.17, 15) is 0 Å². The van der Waals surface area contributed by atoms with Gasteiger partial charge in [0.15, 0.2) is 0 Å². The van der Waals surface area contributed by atoms with Crippen molar-refractivity contribution in [3.8, 4) is 0 Å². The van der Waals surface area contributed by atoms with Gasteiger partial charge in [-0.15, -0.1) is 21.5 Å². The molecule has 1 aromatic rings. The van der Waals surface area contributed by atoms with Crippen molar-refractivity contribution in [2.45, 2.75) is 51.4 Å². The average Bonchev–Trinajstić information content (AvgIpc) is 2.81. The van der Waals surface area contributed by atoms with Gasteiger partial charge in [-0.1, -0.05) is 26.7 Å². The summed E-state index contributed by atoms with van der Waals surface area (Å²) in [6.45, 7) is 4.58. The molecule has 2 nitrogen and oxygen atoms in total. The highest BCUT2D eigenvalue weighted by Crippen LogP contribution is 2.56. The zero-order valence-corrected chi connectivity index (χ0v) is 9.81. The SMILES string of the molecule is CCCC(CC)C1(c2nncs2)CC1. The van der Waals surface area contributed by atoms with Gasteiger partial charge in [0.2, 0.25) is 0 Å². The van der Waals surface area contributed by atoms with Crippen LogP contribution < -0.4 is 0 Å². The lowest BCUT2D eigenvalue weighted by atomic mass is 9.84. The average molecular weight is 210 g/mol. The van der Waals surface area contributed by atoms with E-state index in [4.69, 9.17) is 0 Å². The van der Waals surface area contributed by atoms with Crippen LogP contribution >= 0.6 is 11.3 Å². The van der Waals surface area contributed by atoms with Crippen molar-refractivity contribution < 1.29 is 0 Å². The summed E-state index contributed by atoms with van der Waals surface area (Å²) in [5, 5.41) is 9.53. The molecular weight excluding hydrogens is 192 g/mol. The Labute approximate surface area is 89.8 Å². The minimum Gasteiger partial charge on any atom is -0.147 e. The molecule has 0 bridgehead atoms. The highest BCUT2D eigenvalue weighted by atomic mass is 32.1. The minimum atomic E-state index is 0.436. The van der Waals surface area contributed by atoms with E-state index in [1.54, 1.807) is 11.3 Å². The van der Waals surface area contributed by atoms with Crippen LogP contribution in [0.25, 0.3) is 0 Å². The van der Waals surface area contributed by atoms with Gasteiger partial charge >= 0.3 is 0 Å². The number of hydrogen-bond acceptors (Lipinski definition) is 3. The zero-order chi connectivity index (χ0) is 10.0. The first-order valence-electron chi connectivity index (χ1n) is 5.60. The first-order chi connectivity index (χ1) is 6.83. The van der Waals surface area contributed by atoms with Crippen LogP contribution in [0, 0.1) is 5.92 Å². The molecule has 78 valence electrons. The third-order valence-electron chi connectivity index (χ3n) is 3.49. The molecule has 1 unspecified atom stereocenters. The van der Waals surface area contributed by atoms with E-state index in [0.717, 1.165) is 5.92 Å². The molecule has 0 saturated heterocycles. The van der Waals surface area contributed by atoms with Crippen LogP contribution in [0.4, 0.5) is 0 Å². The Bertz CT molecular complexity index is 277. The smallest absolute Gasteiger partial charge is 0.123 e. The molecule has 0 N–H and O–H groups in total. The maximum absolute atomic E-state index is 4.27. The fraction of sp³-hybridized carbons (Fsp3) is 0.818. The lowest BCUT2D eigenvalue weighted by Crippen LogP contribution is -2.19.